The number of rotatable bonds is 4. The smallest absolute Gasteiger partial charge is 0.350 e. The number of hydrogen-bond acceptors (Lipinski definition) is 5. The van der Waals surface area contributed by atoms with Crippen LogP contribution in [0.5, 0.6) is 5.75 Å². The molecule has 5 nitrogen and oxygen atoms in total. The van der Waals surface area contributed by atoms with Gasteiger partial charge in [-0.15, -0.1) is 0 Å². The maximum atomic E-state index is 11.1. The Morgan fingerprint density at radius 1 is 1.50 bits per heavy atom. The Bertz CT molecular complexity index is 521. The lowest BCUT2D eigenvalue weighted by Crippen LogP contribution is -2.05. The Kier molecular flexibility index (Phi) is 5.03. The van der Waals surface area contributed by atoms with E-state index in [1.54, 1.807) is 24.3 Å². The van der Waals surface area contributed by atoms with Crippen LogP contribution in [0.25, 0.3) is 0 Å². The van der Waals surface area contributed by atoms with E-state index in [2.05, 4.69) is 10.1 Å². The van der Waals surface area contributed by atoms with Crippen LogP contribution < -0.4 is 10.1 Å². The van der Waals surface area contributed by atoms with Crippen molar-refractivity contribution in [3.8, 4) is 11.8 Å². The number of esters is 1. The molecule has 0 aliphatic rings. The lowest BCUT2D eigenvalue weighted by atomic mass is 10.3. The molecular weight excluding hydrogens is 256 g/mol. The van der Waals surface area contributed by atoms with Crippen LogP contribution in [0, 0.1) is 11.3 Å². The van der Waals surface area contributed by atoms with E-state index in [-0.39, 0.29) is 5.57 Å². The van der Waals surface area contributed by atoms with Gasteiger partial charge in [0.25, 0.3) is 0 Å². The van der Waals surface area contributed by atoms with Gasteiger partial charge in [-0.25, -0.2) is 4.79 Å². The largest absolute Gasteiger partial charge is 0.495 e. The Morgan fingerprint density at radius 3 is 2.72 bits per heavy atom. The molecule has 1 aromatic carbocycles. The third kappa shape index (κ3) is 3.40. The number of anilines is 1. The van der Waals surface area contributed by atoms with Gasteiger partial charge in [-0.1, -0.05) is 11.6 Å². The molecule has 0 saturated carbocycles. The molecule has 18 heavy (non-hydrogen) atoms. The lowest BCUT2D eigenvalue weighted by molar-refractivity contribution is -0.135. The summed E-state index contributed by atoms with van der Waals surface area (Å²) in [5.74, 6) is -0.163. The molecule has 0 aliphatic heterocycles. The predicted octanol–water partition coefficient (Wildman–Crippen LogP) is 2.34. The van der Waals surface area contributed by atoms with Crippen molar-refractivity contribution in [2.45, 2.75) is 0 Å². The number of carbonyl (C=O) groups excluding carboxylic acids is 1. The number of nitrogens with zero attached hydrogens (tertiary/aromatic N) is 1. The molecule has 0 aliphatic carbocycles. The highest BCUT2D eigenvalue weighted by molar-refractivity contribution is 6.32. The van der Waals surface area contributed by atoms with Gasteiger partial charge in [-0.05, 0) is 18.2 Å². The van der Waals surface area contributed by atoms with Crippen LogP contribution in [0.15, 0.2) is 30.0 Å². The Balaban J connectivity index is 2.86. The Morgan fingerprint density at radius 2 is 2.22 bits per heavy atom. The van der Waals surface area contributed by atoms with Crippen molar-refractivity contribution in [1.29, 1.82) is 5.26 Å². The van der Waals surface area contributed by atoms with E-state index < -0.39 is 5.97 Å². The van der Waals surface area contributed by atoms with Gasteiger partial charge in [0.05, 0.1) is 19.2 Å². The van der Waals surface area contributed by atoms with Crippen LogP contribution >= 0.6 is 11.6 Å². The summed E-state index contributed by atoms with van der Waals surface area (Å²) in [4.78, 5) is 11.1. The van der Waals surface area contributed by atoms with Crippen LogP contribution in [0.4, 0.5) is 5.69 Å². The molecule has 1 N–H and O–H groups in total. The van der Waals surface area contributed by atoms with Gasteiger partial charge >= 0.3 is 5.97 Å². The molecule has 0 spiro atoms. The van der Waals surface area contributed by atoms with Gasteiger partial charge < -0.3 is 14.8 Å². The molecule has 6 heteroatoms. The molecule has 1 rings (SSSR count). The summed E-state index contributed by atoms with van der Waals surface area (Å²) in [5, 5.41) is 11.9. The van der Waals surface area contributed by atoms with Crippen molar-refractivity contribution in [1.82, 2.24) is 0 Å². The van der Waals surface area contributed by atoms with Crippen molar-refractivity contribution in [2.75, 3.05) is 19.5 Å². The number of halogens is 1. The normalized spacial score (nSPS) is 10.4. The third-order valence-corrected chi connectivity index (χ3v) is 2.36. The summed E-state index contributed by atoms with van der Waals surface area (Å²) in [6.45, 7) is 0. The van der Waals surface area contributed by atoms with Crippen LogP contribution in [0.3, 0.4) is 0 Å². The number of nitriles is 1. The van der Waals surface area contributed by atoms with E-state index in [1.165, 1.54) is 20.4 Å². The molecule has 0 amide bonds. The number of ether oxygens (including phenoxy) is 2. The molecule has 0 unspecified atom stereocenters. The molecule has 0 bridgehead atoms. The van der Waals surface area contributed by atoms with Crippen LogP contribution in [-0.2, 0) is 9.53 Å². The molecule has 1 aromatic rings. The maximum absolute atomic E-state index is 11.1. The fourth-order valence-electron chi connectivity index (χ4n) is 1.16. The summed E-state index contributed by atoms with van der Waals surface area (Å²) in [7, 11) is 2.72. The molecule has 0 fully saturated rings. The summed E-state index contributed by atoms with van der Waals surface area (Å²) in [6.07, 6.45) is 1.25. The third-order valence-electron chi connectivity index (χ3n) is 2.06. The zero-order valence-electron chi connectivity index (χ0n) is 9.86. The molecule has 0 radical (unpaired) electrons. The average molecular weight is 267 g/mol. The quantitative estimate of drug-likeness (QED) is 0.514. The van der Waals surface area contributed by atoms with E-state index in [1.807, 2.05) is 0 Å². The van der Waals surface area contributed by atoms with Gasteiger partial charge in [0.2, 0.25) is 0 Å². The predicted molar refractivity (Wildman–Crippen MR) is 67.3 cm³/mol. The van der Waals surface area contributed by atoms with Gasteiger partial charge in [-0.3, -0.25) is 0 Å². The topological polar surface area (TPSA) is 71.4 Å². The standard InChI is InChI=1S/C12H11ClN2O3/c1-17-11-4-3-9(5-10(11)13)15-7-8(6-14)12(16)18-2/h3-5,7,15H,1-2H3/b8-7-. The second kappa shape index (κ2) is 6.52. The first-order valence-corrected chi connectivity index (χ1v) is 5.28. The molecule has 0 atom stereocenters. The minimum Gasteiger partial charge on any atom is -0.495 e. The minimum absolute atomic E-state index is 0.135. The first-order valence-electron chi connectivity index (χ1n) is 4.91. The number of hydrogen-bond donors (Lipinski definition) is 1. The van der Waals surface area contributed by atoms with Crippen molar-refractivity contribution in [2.24, 2.45) is 0 Å². The number of carbonyl (C=O) groups is 1. The summed E-state index contributed by atoms with van der Waals surface area (Å²) < 4.78 is 9.44. The Hall–Kier alpha value is -2.19. The van der Waals surface area contributed by atoms with Crippen LogP contribution in [0.1, 0.15) is 0 Å². The molecule has 0 heterocycles. The van der Waals surface area contributed by atoms with Crippen LogP contribution in [-0.4, -0.2) is 20.2 Å². The number of benzene rings is 1. The SMILES string of the molecule is COC(=O)/C(C#N)=C\Nc1ccc(OC)c(Cl)c1. The van der Waals surface area contributed by atoms with E-state index in [0.717, 1.165) is 0 Å². The number of nitrogens with one attached hydrogen (secondary N) is 1. The van der Waals surface area contributed by atoms with Crippen molar-refractivity contribution in [3.63, 3.8) is 0 Å². The zero-order chi connectivity index (χ0) is 13.5. The van der Waals surface area contributed by atoms with Crippen molar-refractivity contribution < 1.29 is 14.3 Å². The van der Waals surface area contributed by atoms with Crippen LogP contribution in [0.2, 0.25) is 5.02 Å². The highest BCUT2D eigenvalue weighted by Crippen LogP contribution is 2.27. The summed E-state index contributed by atoms with van der Waals surface area (Å²) in [5.41, 5.74) is 0.488. The van der Waals surface area contributed by atoms with Crippen molar-refractivity contribution in [3.05, 3.63) is 35.0 Å². The minimum atomic E-state index is -0.704. The first-order chi connectivity index (χ1) is 8.62. The second-order valence-electron chi connectivity index (χ2n) is 3.16. The molecule has 0 aromatic heterocycles. The fourth-order valence-corrected chi connectivity index (χ4v) is 1.42. The molecular formula is C12H11ClN2O3. The number of methoxy groups -OCH3 is 2. The molecule has 0 saturated heterocycles. The monoisotopic (exact) mass is 266 g/mol. The lowest BCUT2D eigenvalue weighted by Gasteiger charge is -2.06. The van der Waals surface area contributed by atoms with E-state index >= 15 is 0 Å². The summed E-state index contributed by atoms with van der Waals surface area (Å²) in [6, 6.07) is 6.71. The first kappa shape index (κ1) is 13.9. The van der Waals surface area contributed by atoms with E-state index in [4.69, 9.17) is 21.6 Å². The highest BCUT2D eigenvalue weighted by Gasteiger charge is 2.08. The molecule has 94 valence electrons. The Labute approximate surface area is 110 Å². The van der Waals surface area contributed by atoms with E-state index in [0.29, 0.717) is 16.5 Å². The zero-order valence-corrected chi connectivity index (χ0v) is 10.6. The summed E-state index contributed by atoms with van der Waals surface area (Å²) >= 11 is 5.93. The van der Waals surface area contributed by atoms with Gasteiger partial charge in [0, 0.05) is 11.9 Å². The highest BCUT2D eigenvalue weighted by atomic mass is 35.5. The van der Waals surface area contributed by atoms with E-state index in [9.17, 15) is 4.79 Å². The fraction of sp³-hybridized carbons (Fsp3) is 0.167. The maximum Gasteiger partial charge on any atom is 0.350 e. The van der Waals surface area contributed by atoms with Gasteiger partial charge in [0.1, 0.15) is 11.8 Å². The average Bonchev–Trinajstić information content (AvgIpc) is 2.39. The van der Waals surface area contributed by atoms with Crippen molar-refractivity contribution >= 4 is 23.3 Å². The second-order valence-corrected chi connectivity index (χ2v) is 3.56. The van der Waals surface area contributed by atoms with Gasteiger partial charge in [-0.2, -0.15) is 5.26 Å². The van der Waals surface area contributed by atoms with Gasteiger partial charge in [0.15, 0.2) is 5.57 Å².